The monoisotopic (exact) mass is 292 g/mol. The molecule has 0 radical (unpaired) electrons. The molecule has 2 unspecified atom stereocenters. The number of aromatic nitrogens is 1. The molecule has 0 saturated heterocycles. The molecule has 21 heavy (non-hydrogen) atoms. The maximum absolute atomic E-state index is 12.2. The molecule has 114 valence electrons. The van der Waals surface area contributed by atoms with Gasteiger partial charge in [0.2, 0.25) is 0 Å². The zero-order valence-electron chi connectivity index (χ0n) is 12.2. The molecule has 0 bridgehead atoms. The summed E-state index contributed by atoms with van der Waals surface area (Å²) in [6.07, 6.45) is 2.84. The van der Waals surface area contributed by atoms with Crippen LogP contribution in [0.3, 0.4) is 0 Å². The summed E-state index contributed by atoms with van der Waals surface area (Å²) in [5.41, 5.74) is -0.755. The second-order valence-corrected chi connectivity index (χ2v) is 5.88. The fourth-order valence-corrected chi connectivity index (χ4v) is 2.81. The Balaban J connectivity index is 2.21. The molecule has 1 saturated carbocycles. The average molecular weight is 292 g/mol. The van der Waals surface area contributed by atoms with E-state index >= 15 is 0 Å². The van der Waals surface area contributed by atoms with Crippen LogP contribution in [0.1, 0.15) is 48.7 Å². The van der Waals surface area contributed by atoms with Crippen molar-refractivity contribution in [3.05, 3.63) is 33.7 Å². The minimum atomic E-state index is -0.981. The summed E-state index contributed by atoms with van der Waals surface area (Å²) in [6.45, 7) is 3.38. The number of carboxylic acid groups (broad SMARTS) is 1. The lowest BCUT2D eigenvalue weighted by Crippen LogP contribution is -2.52. The minimum absolute atomic E-state index is 0.0129. The lowest BCUT2D eigenvalue weighted by Gasteiger charge is -2.38. The number of carboxylic acids is 1. The van der Waals surface area contributed by atoms with Gasteiger partial charge in [-0.1, -0.05) is 12.8 Å². The molecule has 1 aliphatic carbocycles. The van der Waals surface area contributed by atoms with Crippen LogP contribution in [0.15, 0.2) is 16.9 Å². The average Bonchev–Trinajstić information content (AvgIpc) is 2.41. The van der Waals surface area contributed by atoms with Gasteiger partial charge >= 0.3 is 5.97 Å². The Kier molecular flexibility index (Phi) is 4.16. The molecule has 0 spiro atoms. The zero-order chi connectivity index (χ0) is 15.6. The maximum atomic E-state index is 12.2. The maximum Gasteiger partial charge on any atom is 0.311 e. The van der Waals surface area contributed by atoms with Crippen LogP contribution >= 0.6 is 0 Å². The summed E-state index contributed by atoms with van der Waals surface area (Å²) in [5, 5.41) is 12.2. The van der Waals surface area contributed by atoms with E-state index in [-0.39, 0.29) is 5.56 Å². The van der Waals surface area contributed by atoms with Gasteiger partial charge in [0.05, 0.1) is 5.41 Å². The van der Waals surface area contributed by atoms with Gasteiger partial charge in [0.1, 0.15) is 5.56 Å². The smallest absolute Gasteiger partial charge is 0.311 e. The van der Waals surface area contributed by atoms with E-state index in [1.54, 1.807) is 19.9 Å². The standard InChI is InChI=1S/C15H20N2O4/c1-9-6-7-10(12(18)16-9)13(19)17-11-5-3-4-8-15(11,2)14(20)21/h6-7,11H,3-5,8H2,1-2H3,(H,16,18)(H,17,19)(H,20,21). The van der Waals surface area contributed by atoms with Crippen molar-refractivity contribution >= 4 is 11.9 Å². The summed E-state index contributed by atoms with van der Waals surface area (Å²) in [5.74, 6) is -1.43. The van der Waals surface area contributed by atoms with E-state index in [1.165, 1.54) is 6.07 Å². The van der Waals surface area contributed by atoms with Gasteiger partial charge in [-0.25, -0.2) is 0 Å². The number of aryl methyl sites for hydroxylation is 1. The van der Waals surface area contributed by atoms with Crippen molar-refractivity contribution in [2.45, 2.75) is 45.6 Å². The molecule has 6 nitrogen and oxygen atoms in total. The largest absolute Gasteiger partial charge is 0.481 e. The molecule has 1 amide bonds. The number of hydrogen-bond donors (Lipinski definition) is 3. The van der Waals surface area contributed by atoms with E-state index in [0.717, 1.165) is 12.8 Å². The normalized spacial score (nSPS) is 25.3. The summed E-state index contributed by atoms with van der Waals surface area (Å²) in [7, 11) is 0. The van der Waals surface area contributed by atoms with Crippen molar-refractivity contribution < 1.29 is 14.7 Å². The van der Waals surface area contributed by atoms with E-state index in [2.05, 4.69) is 10.3 Å². The fourth-order valence-electron chi connectivity index (χ4n) is 2.81. The molecule has 6 heteroatoms. The third-order valence-corrected chi connectivity index (χ3v) is 4.30. The molecular weight excluding hydrogens is 272 g/mol. The molecule has 0 aliphatic heterocycles. The second-order valence-electron chi connectivity index (χ2n) is 5.88. The molecule has 3 N–H and O–H groups in total. The van der Waals surface area contributed by atoms with Crippen LogP contribution in [0.2, 0.25) is 0 Å². The quantitative estimate of drug-likeness (QED) is 0.785. The molecule has 2 atom stereocenters. The highest BCUT2D eigenvalue weighted by Crippen LogP contribution is 2.36. The Morgan fingerprint density at radius 2 is 2.10 bits per heavy atom. The number of pyridine rings is 1. The van der Waals surface area contributed by atoms with Crippen molar-refractivity contribution in [3.8, 4) is 0 Å². The number of hydrogen-bond acceptors (Lipinski definition) is 3. The molecular formula is C15H20N2O4. The molecule has 1 heterocycles. The van der Waals surface area contributed by atoms with E-state index < -0.39 is 28.9 Å². The van der Waals surface area contributed by atoms with Gasteiger partial charge in [0.15, 0.2) is 0 Å². The van der Waals surface area contributed by atoms with Crippen LogP contribution in [-0.4, -0.2) is 28.0 Å². The predicted molar refractivity (Wildman–Crippen MR) is 77.3 cm³/mol. The first-order valence-electron chi connectivity index (χ1n) is 7.09. The number of nitrogens with one attached hydrogen (secondary N) is 2. The SMILES string of the molecule is Cc1ccc(C(=O)NC2CCCCC2(C)C(=O)O)c(=O)[nH]1. The number of carbonyl (C=O) groups excluding carboxylic acids is 1. The lowest BCUT2D eigenvalue weighted by molar-refractivity contribution is -0.151. The Morgan fingerprint density at radius 3 is 2.71 bits per heavy atom. The van der Waals surface area contributed by atoms with Gasteiger partial charge in [-0.05, 0) is 38.8 Å². The van der Waals surface area contributed by atoms with Crippen molar-refractivity contribution in [2.24, 2.45) is 5.41 Å². The first-order valence-corrected chi connectivity index (χ1v) is 7.09. The number of H-pyrrole nitrogens is 1. The minimum Gasteiger partial charge on any atom is -0.481 e. The van der Waals surface area contributed by atoms with Crippen LogP contribution in [0, 0.1) is 12.3 Å². The third-order valence-electron chi connectivity index (χ3n) is 4.30. The van der Waals surface area contributed by atoms with Crippen LogP contribution in [0.25, 0.3) is 0 Å². The summed E-state index contributed by atoms with van der Waals surface area (Å²) in [4.78, 5) is 38.1. The second kappa shape index (κ2) is 5.71. The van der Waals surface area contributed by atoms with Gasteiger partial charge in [0.25, 0.3) is 11.5 Å². The molecule has 0 aromatic carbocycles. The van der Waals surface area contributed by atoms with Gasteiger partial charge in [0, 0.05) is 11.7 Å². The highest BCUT2D eigenvalue weighted by atomic mass is 16.4. The lowest BCUT2D eigenvalue weighted by atomic mass is 9.71. The van der Waals surface area contributed by atoms with Gasteiger partial charge in [-0.15, -0.1) is 0 Å². The Hall–Kier alpha value is -2.11. The Bertz CT molecular complexity index is 622. The molecule has 2 rings (SSSR count). The number of rotatable bonds is 3. The third kappa shape index (κ3) is 2.99. The van der Waals surface area contributed by atoms with Gasteiger partial charge < -0.3 is 15.4 Å². The Morgan fingerprint density at radius 1 is 1.38 bits per heavy atom. The van der Waals surface area contributed by atoms with Crippen LogP contribution < -0.4 is 10.9 Å². The number of carbonyl (C=O) groups is 2. The molecule has 1 fully saturated rings. The van der Waals surface area contributed by atoms with Gasteiger partial charge in [-0.2, -0.15) is 0 Å². The van der Waals surface area contributed by atoms with Crippen molar-refractivity contribution in [2.75, 3.05) is 0 Å². The summed E-state index contributed by atoms with van der Waals surface area (Å²) >= 11 is 0. The number of amides is 1. The van der Waals surface area contributed by atoms with Crippen molar-refractivity contribution in [1.82, 2.24) is 10.3 Å². The fraction of sp³-hybridized carbons (Fsp3) is 0.533. The first kappa shape index (κ1) is 15.3. The molecule has 1 aromatic heterocycles. The van der Waals surface area contributed by atoms with Crippen molar-refractivity contribution in [3.63, 3.8) is 0 Å². The Labute approximate surface area is 122 Å². The molecule has 1 aromatic rings. The van der Waals surface area contributed by atoms with E-state index in [0.29, 0.717) is 18.5 Å². The van der Waals surface area contributed by atoms with E-state index in [9.17, 15) is 19.5 Å². The summed E-state index contributed by atoms with van der Waals surface area (Å²) < 4.78 is 0. The highest BCUT2D eigenvalue weighted by Gasteiger charge is 2.44. The summed E-state index contributed by atoms with van der Waals surface area (Å²) in [6, 6.07) is 2.65. The topological polar surface area (TPSA) is 99.3 Å². The van der Waals surface area contributed by atoms with Crippen LogP contribution in [0.5, 0.6) is 0 Å². The molecule has 1 aliphatic rings. The highest BCUT2D eigenvalue weighted by molar-refractivity contribution is 5.94. The first-order chi connectivity index (χ1) is 9.84. The number of aliphatic carboxylic acids is 1. The van der Waals surface area contributed by atoms with Crippen LogP contribution in [0.4, 0.5) is 0 Å². The van der Waals surface area contributed by atoms with E-state index in [1.807, 2.05) is 0 Å². The zero-order valence-corrected chi connectivity index (χ0v) is 12.2. The van der Waals surface area contributed by atoms with Gasteiger partial charge in [-0.3, -0.25) is 14.4 Å². The number of aromatic amines is 1. The van der Waals surface area contributed by atoms with Crippen LogP contribution in [-0.2, 0) is 4.79 Å². The van der Waals surface area contributed by atoms with E-state index in [4.69, 9.17) is 0 Å². The predicted octanol–water partition coefficient (Wildman–Crippen LogP) is 1.45. The van der Waals surface area contributed by atoms with Crippen molar-refractivity contribution in [1.29, 1.82) is 0 Å².